The van der Waals surface area contributed by atoms with Gasteiger partial charge >= 0.3 is 0 Å². The van der Waals surface area contributed by atoms with Crippen molar-refractivity contribution in [3.8, 4) is 16.8 Å². The van der Waals surface area contributed by atoms with Gasteiger partial charge in [-0.15, -0.1) is 0 Å². The number of aromatic nitrogens is 1. The Hall–Kier alpha value is -4.10. The number of benzene rings is 5. The van der Waals surface area contributed by atoms with Gasteiger partial charge in [-0.05, 0) is 70.3 Å². The molecule has 0 aliphatic heterocycles. The van der Waals surface area contributed by atoms with Crippen molar-refractivity contribution in [2.75, 3.05) is 0 Å². The van der Waals surface area contributed by atoms with E-state index < -0.39 is 29.6 Å². The van der Waals surface area contributed by atoms with Crippen molar-refractivity contribution in [1.29, 1.82) is 0 Å². The molecule has 0 atom stereocenters. The maximum Gasteiger partial charge on any atom is 0.0629 e. The molecule has 0 bridgehead atoms. The minimum absolute atomic E-state index is 0.139. The van der Waals surface area contributed by atoms with E-state index in [1.54, 1.807) is 0 Å². The molecule has 0 N–H and O–H groups in total. The van der Waals surface area contributed by atoms with E-state index in [0.717, 1.165) is 38.6 Å². The fourth-order valence-corrected chi connectivity index (χ4v) is 5.32. The van der Waals surface area contributed by atoms with E-state index in [1.165, 1.54) is 0 Å². The van der Waals surface area contributed by atoms with Gasteiger partial charge in [-0.2, -0.15) is 0 Å². The number of fused-ring (bicyclic) bond motifs is 3. The molecule has 5 aromatic carbocycles. The van der Waals surface area contributed by atoms with Crippen LogP contribution in [-0.4, -0.2) is 4.57 Å². The summed E-state index contributed by atoms with van der Waals surface area (Å²) in [5.74, 6) is 0. The summed E-state index contributed by atoms with van der Waals surface area (Å²) in [5.41, 5.74) is 4.81. The molecule has 0 saturated carbocycles. The molecule has 0 fully saturated rings. The van der Waals surface area contributed by atoms with Gasteiger partial charge in [-0.3, -0.25) is 0 Å². The van der Waals surface area contributed by atoms with Crippen LogP contribution in [0.1, 0.15) is 51.2 Å². The third kappa shape index (κ3) is 4.25. The smallest absolute Gasteiger partial charge is 0.0629 e. The zero-order valence-corrected chi connectivity index (χ0v) is 21.1. The van der Waals surface area contributed by atoms with E-state index in [1.807, 2.05) is 81.4 Å². The summed E-state index contributed by atoms with van der Waals surface area (Å²) in [5, 5.41) is 1.77. The molecule has 6 aromatic rings. The first-order valence-electron chi connectivity index (χ1n) is 17.4. The molecule has 1 heterocycles. The SMILES string of the molecule is [2H]c1c([2H])c([2H])c(CCc2cccc3c2c2c(C(C)(C)C)c(-c4c([2H])c([2H])c([2H])c([2H])c4[2H])ccc2n3-c2ccccc2)c([2H])c1[2H]. The van der Waals surface area contributed by atoms with E-state index in [0.29, 0.717) is 12.0 Å². The van der Waals surface area contributed by atoms with Gasteiger partial charge in [0.15, 0.2) is 0 Å². The van der Waals surface area contributed by atoms with Crippen molar-refractivity contribution in [2.24, 2.45) is 0 Å². The second-order valence-corrected chi connectivity index (χ2v) is 10.2. The lowest BCUT2D eigenvalue weighted by atomic mass is 9.78. The van der Waals surface area contributed by atoms with E-state index in [9.17, 15) is 0 Å². The summed E-state index contributed by atoms with van der Waals surface area (Å²) < 4.78 is 86.0. The van der Waals surface area contributed by atoms with Gasteiger partial charge in [0.1, 0.15) is 0 Å². The summed E-state index contributed by atoms with van der Waals surface area (Å²) in [6.07, 6.45) is 0.585. The van der Waals surface area contributed by atoms with Gasteiger partial charge < -0.3 is 4.57 Å². The average molecular weight is 490 g/mol. The number of rotatable bonds is 5. The van der Waals surface area contributed by atoms with E-state index >= 15 is 0 Å². The Morgan fingerprint density at radius 2 is 1.32 bits per heavy atom. The normalized spacial score (nSPS) is 15.6. The van der Waals surface area contributed by atoms with Gasteiger partial charge in [-0.25, -0.2) is 0 Å². The molecule has 182 valence electrons. The number of hydrogen-bond donors (Lipinski definition) is 0. The largest absolute Gasteiger partial charge is 0.309 e. The molecule has 0 aliphatic rings. The summed E-state index contributed by atoms with van der Waals surface area (Å²) in [4.78, 5) is 0. The minimum atomic E-state index is -0.548. The topological polar surface area (TPSA) is 4.93 Å². The Bertz CT molecular complexity index is 2170. The van der Waals surface area contributed by atoms with Crippen LogP contribution in [0.5, 0.6) is 0 Å². The van der Waals surface area contributed by atoms with Crippen molar-refractivity contribution >= 4 is 21.8 Å². The summed E-state index contributed by atoms with van der Waals surface area (Å²) in [6, 6.07) is 16.3. The number of aryl methyl sites for hydroxylation is 1. The molecule has 0 saturated heterocycles. The minimum Gasteiger partial charge on any atom is -0.309 e. The van der Waals surface area contributed by atoms with Gasteiger partial charge in [0, 0.05) is 16.5 Å². The highest BCUT2D eigenvalue weighted by Crippen LogP contribution is 2.44. The summed E-state index contributed by atoms with van der Waals surface area (Å²) in [7, 11) is 0. The highest BCUT2D eigenvalue weighted by Gasteiger charge is 2.27. The van der Waals surface area contributed by atoms with Crippen molar-refractivity contribution in [2.45, 2.75) is 39.0 Å². The van der Waals surface area contributed by atoms with Crippen LogP contribution in [0.2, 0.25) is 0 Å². The average Bonchev–Trinajstić information content (AvgIpc) is 3.39. The Labute approximate surface area is 234 Å². The summed E-state index contributed by atoms with van der Waals surface area (Å²) >= 11 is 0. The second kappa shape index (κ2) is 9.41. The van der Waals surface area contributed by atoms with Gasteiger partial charge in [0.25, 0.3) is 0 Å². The standard InChI is InChI=1S/C36H33N/c1-36(2,3)35-30(27-16-9-5-10-17-27)24-25-32-34(35)33-28(23-22-26-14-7-4-8-15-26)18-13-21-31(33)37(32)29-19-11-6-12-20-29/h4-21,24-25H,22-23H2,1-3H3/i4D,5D,7D,8D,9D,10D,14D,15D,16D,17D. The van der Waals surface area contributed by atoms with Crippen LogP contribution < -0.4 is 0 Å². The molecule has 1 nitrogen and oxygen atoms in total. The van der Waals surface area contributed by atoms with Crippen LogP contribution >= 0.6 is 0 Å². The molecule has 6 rings (SSSR count). The van der Waals surface area contributed by atoms with E-state index in [2.05, 4.69) is 4.57 Å². The molecule has 0 amide bonds. The molecule has 1 heteroatoms. The number of hydrogen-bond acceptors (Lipinski definition) is 0. The monoisotopic (exact) mass is 489 g/mol. The fraction of sp³-hybridized carbons (Fsp3) is 0.167. The predicted octanol–water partition coefficient (Wildman–Crippen LogP) is 9.53. The van der Waals surface area contributed by atoms with E-state index in [4.69, 9.17) is 13.7 Å². The van der Waals surface area contributed by atoms with Gasteiger partial charge in [-0.1, -0.05) is 118 Å². The molecule has 0 radical (unpaired) electrons. The lowest BCUT2D eigenvalue weighted by molar-refractivity contribution is 0.598. The quantitative estimate of drug-likeness (QED) is 0.227. The van der Waals surface area contributed by atoms with Crippen LogP contribution in [0, 0.1) is 0 Å². The predicted molar refractivity (Wildman–Crippen MR) is 159 cm³/mol. The molecular formula is C36H33N. The first-order chi connectivity index (χ1) is 22.2. The van der Waals surface area contributed by atoms with Crippen molar-refractivity contribution in [3.63, 3.8) is 0 Å². The van der Waals surface area contributed by atoms with Crippen molar-refractivity contribution in [1.82, 2.24) is 4.57 Å². The molecule has 0 spiro atoms. The van der Waals surface area contributed by atoms with Crippen LogP contribution in [0.15, 0.2) is 121 Å². The van der Waals surface area contributed by atoms with Crippen molar-refractivity contribution < 1.29 is 13.7 Å². The lowest BCUT2D eigenvalue weighted by Crippen LogP contribution is -2.13. The van der Waals surface area contributed by atoms with E-state index in [-0.39, 0.29) is 53.8 Å². The third-order valence-electron chi connectivity index (χ3n) is 6.77. The Balaban J connectivity index is 1.73. The zero-order chi connectivity index (χ0) is 34.1. The first-order valence-corrected chi connectivity index (χ1v) is 12.4. The molecule has 0 unspecified atom stereocenters. The Morgan fingerprint density at radius 3 is 2.03 bits per heavy atom. The highest BCUT2D eigenvalue weighted by atomic mass is 15.0. The molecule has 1 aromatic heterocycles. The maximum atomic E-state index is 8.82. The van der Waals surface area contributed by atoms with Crippen LogP contribution in [0.3, 0.4) is 0 Å². The third-order valence-corrected chi connectivity index (χ3v) is 6.77. The highest BCUT2D eigenvalue weighted by molar-refractivity contribution is 6.14. The Morgan fingerprint density at radius 1 is 0.649 bits per heavy atom. The lowest BCUT2D eigenvalue weighted by Gasteiger charge is -2.25. The maximum absolute atomic E-state index is 8.82. The molecule has 37 heavy (non-hydrogen) atoms. The molecular weight excluding hydrogens is 446 g/mol. The zero-order valence-electron chi connectivity index (χ0n) is 31.1. The number of nitrogens with zero attached hydrogens (tertiary/aromatic N) is 1. The molecule has 0 aliphatic carbocycles. The summed E-state index contributed by atoms with van der Waals surface area (Å²) in [6.45, 7) is 6.13. The van der Waals surface area contributed by atoms with Gasteiger partial charge in [0.05, 0.1) is 24.7 Å². The van der Waals surface area contributed by atoms with Crippen molar-refractivity contribution in [3.05, 3.63) is 138 Å². The Kier molecular flexibility index (Phi) is 3.71. The van der Waals surface area contributed by atoms with Crippen LogP contribution in [0.4, 0.5) is 0 Å². The van der Waals surface area contributed by atoms with Crippen LogP contribution in [-0.2, 0) is 18.3 Å². The number of para-hydroxylation sites is 1. The van der Waals surface area contributed by atoms with Crippen LogP contribution in [0.25, 0.3) is 38.6 Å². The second-order valence-electron chi connectivity index (χ2n) is 10.2. The first kappa shape index (κ1) is 14.6. The van der Waals surface area contributed by atoms with Gasteiger partial charge in [0.2, 0.25) is 0 Å². The fourth-order valence-electron chi connectivity index (χ4n) is 5.32.